The fourth-order valence-corrected chi connectivity index (χ4v) is 6.72. The molecule has 3 heterocycles. The molecule has 3 aliphatic rings. The Hall–Kier alpha value is -3.11. The van der Waals surface area contributed by atoms with Gasteiger partial charge in [0.2, 0.25) is 21.8 Å². The Kier molecular flexibility index (Phi) is 6.90. The standard InChI is InChI=1S/C26H31N3O6S/c1-18-6-7-20(15-24(18)36(32,33)28-10-4-2-3-5-11-28)27-26(31)19-14-25(30)29(17-19)21-8-9-22-23(16-21)35-13-12-34-22/h6-9,15-16,19H,2-5,10-14,17H2,1H3,(H,27,31)/t19-/m0/s1. The SMILES string of the molecule is Cc1ccc(NC(=O)[C@H]2CC(=O)N(c3ccc4c(c3)OCCO4)C2)cc1S(=O)(=O)N1CCCCCC1. The molecular weight excluding hydrogens is 482 g/mol. The minimum absolute atomic E-state index is 0.0745. The summed E-state index contributed by atoms with van der Waals surface area (Å²) < 4.78 is 39.4. The summed E-state index contributed by atoms with van der Waals surface area (Å²) in [5.74, 6) is 0.191. The van der Waals surface area contributed by atoms with Gasteiger partial charge < -0.3 is 19.7 Å². The summed E-state index contributed by atoms with van der Waals surface area (Å²) in [5.41, 5.74) is 1.70. The van der Waals surface area contributed by atoms with Crippen molar-refractivity contribution in [3.63, 3.8) is 0 Å². The Morgan fingerprint density at radius 3 is 2.44 bits per heavy atom. The van der Waals surface area contributed by atoms with E-state index in [2.05, 4.69) is 5.32 Å². The summed E-state index contributed by atoms with van der Waals surface area (Å²) in [4.78, 5) is 27.6. The van der Waals surface area contributed by atoms with Crippen LogP contribution in [0.15, 0.2) is 41.3 Å². The van der Waals surface area contributed by atoms with Crippen LogP contribution < -0.4 is 19.7 Å². The molecule has 2 aromatic carbocycles. The Morgan fingerprint density at radius 1 is 0.972 bits per heavy atom. The van der Waals surface area contributed by atoms with Crippen LogP contribution in [0, 0.1) is 12.8 Å². The second-order valence-corrected chi connectivity index (χ2v) is 11.4. The first kappa shape index (κ1) is 24.6. The van der Waals surface area contributed by atoms with Crippen molar-refractivity contribution in [2.75, 3.05) is 43.1 Å². The van der Waals surface area contributed by atoms with E-state index in [1.165, 1.54) is 6.07 Å². The number of ether oxygens (including phenoxy) is 2. The van der Waals surface area contributed by atoms with Crippen molar-refractivity contribution in [2.24, 2.45) is 5.92 Å². The van der Waals surface area contributed by atoms with Crippen molar-refractivity contribution in [1.29, 1.82) is 0 Å². The minimum Gasteiger partial charge on any atom is -0.486 e. The highest BCUT2D eigenvalue weighted by Gasteiger charge is 2.36. The van der Waals surface area contributed by atoms with Gasteiger partial charge in [-0.25, -0.2) is 8.42 Å². The average Bonchev–Trinajstić information content (AvgIpc) is 3.07. The van der Waals surface area contributed by atoms with Crippen LogP contribution in [-0.4, -0.2) is 57.4 Å². The lowest BCUT2D eigenvalue weighted by Gasteiger charge is -2.22. The van der Waals surface area contributed by atoms with E-state index in [0.717, 1.165) is 25.7 Å². The zero-order valence-electron chi connectivity index (χ0n) is 20.4. The maximum absolute atomic E-state index is 13.3. The molecule has 2 aromatic rings. The second kappa shape index (κ2) is 10.1. The molecule has 0 aromatic heterocycles. The molecule has 0 radical (unpaired) electrons. The fraction of sp³-hybridized carbons (Fsp3) is 0.462. The van der Waals surface area contributed by atoms with E-state index in [1.807, 2.05) is 0 Å². The van der Waals surface area contributed by atoms with E-state index in [-0.39, 0.29) is 29.7 Å². The highest BCUT2D eigenvalue weighted by molar-refractivity contribution is 7.89. The molecule has 3 aliphatic heterocycles. The van der Waals surface area contributed by atoms with Crippen molar-refractivity contribution >= 4 is 33.2 Å². The van der Waals surface area contributed by atoms with Gasteiger partial charge >= 0.3 is 0 Å². The highest BCUT2D eigenvalue weighted by Crippen LogP contribution is 2.36. The molecule has 9 nitrogen and oxygen atoms in total. The summed E-state index contributed by atoms with van der Waals surface area (Å²) >= 11 is 0. The zero-order chi connectivity index (χ0) is 25.3. The molecule has 192 valence electrons. The Labute approximate surface area is 211 Å². The van der Waals surface area contributed by atoms with Gasteiger partial charge in [0.25, 0.3) is 0 Å². The molecule has 0 aliphatic carbocycles. The van der Waals surface area contributed by atoms with Crippen molar-refractivity contribution in [2.45, 2.75) is 43.9 Å². The first-order chi connectivity index (χ1) is 17.3. The molecule has 0 spiro atoms. The molecular formula is C26H31N3O6S. The van der Waals surface area contributed by atoms with Crippen LogP contribution in [0.3, 0.4) is 0 Å². The number of hydrogen-bond donors (Lipinski definition) is 1. The van der Waals surface area contributed by atoms with Crippen LogP contribution in [0.5, 0.6) is 11.5 Å². The minimum atomic E-state index is -3.66. The van der Waals surface area contributed by atoms with Gasteiger partial charge in [-0.2, -0.15) is 4.31 Å². The van der Waals surface area contributed by atoms with E-state index in [1.54, 1.807) is 46.5 Å². The third kappa shape index (κ3) is 4.92. The van der Waals surface area contributed by atoms with Gasteiger partial charge in [0.1, 0.15) is 13.2 Å². The van der Waals surface area contributed by atoms with Gasteiger partial charge in [0, 0.05) is 43.5 Å². The number of benzene rings is 2. The zero-order valence-corrected chi connectivity index (χ0v) is 21.2. The molecule has 36 heavy (non-hydrogen) atoms. The lowest BCUT2D eigenvalue weighted by atomic mass is 10.1. The van der Waals surface area contributed by atoms with Crippen LogP contribution in [-0.2, 0) is 19.6 Å². The predicted octanol–water partition coefficient (Wildman–Crippen LogP) is 3.32. The van der Waals surface area contributed by atoms with Crippen molar-refractivity contribution in [3.05, 3.63) is 42.0 Å². The molecule has 0 saturated carbocycles. The number of carbonyl (C=O) groups excluding carboxylic acids is 2. The number of nitrogens with zero attached hydrogens (tertiary/aromatic N) is 2. The average molecular weight is 514 g/mol. The van der Waals surface area contributed by atoms with Gasteiger partial charge in [-0.15, -0.1) is 0 Å². The number of amides is 2. The van der Waals surface area contributed by atoms with E-state index in [9.17, 15) is 18.0 Å². The van der Waals surface area contributed by atoms with Crippen molar-refractivity contribution < 1.29 is 27.5 Å². The largest absolute Gasteiger partial charge is 0.486 e. The normalized spacial score (nSPS) is 20.8. The summed E-state index contributed by atoms with van der Waals surface area (Å²) in [6.07, 6.45) is 3.84. The Morgan fingerprint density at radius 2 is 1.69 bits per heavy atom. The van der Waals surface area contributed by atoms with Crippen LogP contribution in [0.2, 0.25) is 0 Å². The first-order valence-electron chi connectivity index (χ1n) is 12.4. The van der Waals surface area contributed by atoms with Crippen LogP contribution >= 0.6 is 0 Å². The second-order valence-electron chi connectivity index (χ2n) is 9.52. The van der Waals surface area contributed by atoms with Crippen molar-refractivity contribution in [1.82, 2.24) is 4.31 Å². The van der Waals surface area contributed by atoms with E-state index >= 15 is 0 Å². The van der Waals surface area contributed by atoms with Crippen molar-refractivity contribution in [3.8, 4) is 11.5 Å². The lowest BCUT2D eigenvalue weighted by Crippen LogP contribution is -2.32. The molecule has 1 atom stereocenters. The first-order valence-corrected chi connectivity index (χ1v) is 13.9. The van der Waals surface area contributed by atoms with Gasteiger partial charge in [-0.1, -0.05) is 18.9 Å². The smallest absolute Gasteiger partial charge is 0.243 e. The molecule has 2 saturated heterocycles. The van der Waals surface area contributed by atoms with Gasteiger partial charge in [-0.3, -0.25) is 9.59 Å². The molecule has 5 rings (SSSR count). The van der Waals surface area contributed by atoms with Gasteiger partial charge in [-0.05, 0) is 49.6 Å². The number of nitrogens with one attached hydrogen (secondary N) is 1. The molecule has 1 N–H and O–H groups in total. The number of aryl methyl sites for hydroxylation is 1. The van der Waals surface area contributed by atoms with Gasteiger partial charge in [0.15, 0.2) is 11.5 Å². The summed E-state index contributed by atoms with van der Waals surface area (Å²) in [6, 6.07) is 10.2. The number of anilines is 2. The monoisotopic (exact) mass is 513 g/mol. The number of carbonyl (C=O) groups is 2. The molecule has 0 unspecified atom stereocenters. The van der Waals surface area contributed by atoms with Crippen LogP contribution in [0.25, 0.3) is 0 Å². The number of rotatable bonds is 5. The fourth-order valence-electron chi connectivity index (χ4n) is 4.95. The predicted molar refractivity (Wildman–Crippen MR) is 135 cm³/mol. The highest BCUT2D eigenvalue weighted by atomic mass is 32.2. The number of fused-ring (bicyclic) bond motifs is 1. The maximum Gasteiger partial charge on any atom is 0.243 e. The van der Waals surface area contributed by atoms with E-state index in [0.29, 0.717) is 54.7 Å². The topological polar surface area (TPSA) is 105 Å². The lowest BCUT2D eigenvalue weighted by molar-refractivity contribution is -0.122. The Balaban J connectivity index is 1.29. The summed E-state index contributed by atoms with van der Waals surface area (Å²) in [5, 5.41) is 2.84. The maximum atomic E-state index is 13.3. The Bertz CT molecular complexity index is 1270. The third-order valence-electron chi connectivity index (χ3n) is 6.97. The summed E-state index contributed by atoms with van der Waals surface area (Å²) in [6.45, 7) is 3.95. The third-order valence-corrected chi connectivity index (χ3v) is 9.01. The van der Waals surface area contributed by atoms with E-state index in [4.69, 9.17) is 9.47 Å². The molecule has 10 heteroatoms. The number of hydrogen-bond acceptors (Lipinski definition) is 6. The number of sulfonamides is 1. The quantitative estimate of drug-likeness (QED) is 0.658. The molecule has 2 amide bonds. The van der Waals surface area contributed by atoms with E-state index < -0.39 is 15.9 Å². The molecule has 0 bridgehead atoms. The van der Waals surface area contributed by atoms with Crippen LogP contribution in [0.1, 0.15) is 37.7 Å². The van der Waals surface area contributed by atoms with Gasteiger partial charge in [0.05, 0.1) is 10.8 Å². The summed E-state index contributed by atoms with van der Waals surface area (Å²) in [7, 11) is -3.66. The molecule has 2 fully saturated rings. The van der Waals surface area contributed by atoms with Crippen LogP contribution in [0.4, 0.5) is 11.4 Å².